The third kappa shape index (κ3) is 3.16. The Hall–Kier alpha value is -0.690. The Morgan fingerprint density at radius 1 is 1.00 bits per heavy atom. The van der Waals surface area contributed by atoms with E-state index in [1.54, 1.807) is 14.2 Å². The quantitative estimate of drug-likeness (QED) is 0.668. The van der Waals surface area contributed by atoms with Crippen molar-refractivity contribution in [2.75, 3.05) is 21.3 Å². The number of ether oxygens (including phenoxy) is 5. The number of carbonyl (C=O) groups excluding carboxylic acids is 1. The molecule has 0 N–H and O–H groups in total. The van der Waals surface area contributed by atoms with E-state index in [2.05, 4.69) is 0 Å². The minimum absolute atomic E-state index is 0.249. The van der Waals surface area contributed by atoms with Crippen LogP contribution in [0.15, 0.2) is 0 Å². The Balaban J connectivity index is 2.84. The van der Waals surface area contributed by atoms with Gasteiger partial charge in [-0.3, -0.25) is 4.79 Å². The number of hydrogen-bond donors (Lipinski definition) is 0. The van der Waals surface area contributed by atoms with Crippen molar-refractivity contribution in [2.45, 2.75) is 44.6 Å². The maximum atomic E-state index is 11.0. The third-order valence-corrected chi connectivity index (χ3v) is 2.83. The monoisotopic (exact) mass is 248 g/mol. The standard InChI is InChI=1S/C11H20O6/c1-6-8(13-3)9(14-4)10(15-5)11(16-6)17-7(2)12/h6,8-11H,1-5H3/t6-,8+,9+,10-,11+/m0/s1. The number of hydrogen-bond acceptors (Lipinski definition) is 6. The predicted molar refractivity (Wildman–Crippen MR) is 58.5 cm³/mol. The Morgan fingerprint density at radius 3 is 1.94 bits per heavy atom. The number of methoxy groups -OCH3 is 3. The summed E-state index contributed by atoms with van der Waals surface area (Å²) >= 11 is 0. The molecule has 0 aliphatic carbocycles. The van der Waals surface area contributed by atoms with Crippen molar-refractivity contribution in [3.05, 3.63) is 0 Å². The lowest BCUT2D eigenvalue weighted by Gasteiger charge is -2.43. The van der Waals surface area contributed by atoms with Crippen LogP contribution in [0, 0.1) is 0 Å². The summed E-state index contributed by atoms with van der Waals surface area (Å²) < 4.78 is 26.6. The fraction of sp³-hybridized carbons (Fsp3) is 0.909. The molecule has 17 heavy (non-hydrogen) atoms. The number of carbonyl (C=O) groups is 1. The first-order valence-electron chi connectivity index (χ1n) is 5.46. The second-order valence-electron chi connectivity index (χ2n) is 3.92. The largest absolute Gasteiger partial charge is 0.433 e. The molecule has 1 fully saturated rings. The average Bonchev–Trinajstić information content (AvgIpc) is 2.27. The van der Waals surface area contributed by atoms with Gasteiger partial charge in [-0.15, -0.1) is 0 Å². The Labute approximate surface area is 101 Å². The molecule has 0 spiro atoms. The van der Waals surface area contributed by atoms with Crippen LogP contribution >= 0.6 is 0 Å². The minimum atomic E-state index is -0.774. The van der Waals surface area contributed by atoms with Crippen molar-refractivity contribution >= 4 is 5.97 Å². The fourth-order valence-electron chi connectivity index (χ4n) is 2.07. The highest BCUT2D eigenvalue weighted by Crippen LogP contribution is 2.27. The van der Waals surface area contributed by atoms with Gasteiger partial charge >= 0.3 is 5.97 Å². The highest BCUT2D eigenvalue weighted by Gasteiger charge is 2.46. The second-order valence-corrected chi connectivity index (χ2v) is 3.92. The molecular weight excluding hydrogens is 228 g/mol. The van der Waals surface area contributed by atoms with Crippen LogP contribution in [0.2, 0.25) is 0 Å². The van der Waals surface area contributed by atoms with Gasteiger partial charge in [0, 0.05) is 28.3 Å². The predicted octanol–water partition coefficient (Wildman–Crippen LogP) is 0.339. The van der Waals surface area contributed by atoms with E-state index in [1.165, 1.54) is 14.0 Å². The molecule has 0 aromatic heterocycles. The van der Waals surface area contributed by atoms with Gasteiger partial charge in [-0.1, -0.05) is 0 Å². The van der Waals surface area contributed by atoms with E-state index in [9.17, 15) is 4.79 Å². The zero-order valence-electron chi connectivity index (χ0n) is 10.8. The molecule has 0 radical (unpaired) electrons. The molecule has 0 saturated carbocycles. The van der Waals surface area contributed by atoms with E-state index in [4.69, 9.17) is 23.7 Å². The molecule has 0 aromatic rings. The number of rotatable bonds is 4. The second kappa shape index (κ2) is 6.30. The van der Waals surface area contributed by atoms with E-state index < -0.39 is 18.4 Å². The highest BCUT2D eigenvalue weighted by atomic mass is 16.7. The summed E-state index contributed by atoms with van der Waals surface area (Å²) in [5.41, 5.74) is 0. The van der Waals surface area contributed by atoms with E-state index in [0.717, 1.165) is 0 Å². The fourth-order valence-corrected chi connectivity index (χ4v) is 2.07. The van der Waals surface area contributed by atoms with Gasteiger partial charge in [0.2, 0.25) is 6.29 Å². The Bertz CT molecular complexity index is 256. The molecule has 0 bridgehead atoms. The van der Waals surface area contributed by atoms with Gasteiger partial charge < -0.3 is 23.7 Å². The molecule has 0 amide bonds. The van der Waals surface area contributed by atoms with Gasteiger partial charge in [-0.2, -0.15) is 0 Å². The summed E-state index contributed by atoms with van der Waals surface area (Å²) in [7, 11) is 4.65. The first kappa shape index (κ1) is 14.4. The summed E-state index contributed by atoms with van der Waals surface area (Å²) in [6, 6.07) is 0. The van der Waals surface area contributed by atoms with Gasteiger partial charge in [-0.25, -0.2) is 0 Å². The van der Waals surface area contributed by atoms with Crippen LogP contribution in [0.5, 0.6) is 0 Å². The lowest BCUT2D eigenvalue weighted by Crippen LogP contribution is -2.59. The molecule has 1 aliphatic heterocycles. The molecule has 1 aliphatic rings. The summed E-state index contributed by atoms with van der Waals surface area (Å²) in [6.07, 6.45) is -2.15. The Morgan fingerprint density at radius 2 is 1.53 bits per heavy atom. The van der Waals surface area contributed by atoms with Gasteiger partial charge in [-0.05, 0) is 6.92 Å². The van der Waals surface area contributed by atoms with Gasteiger partial charge in [0.15, 0.2) is 0 Å². The first-order chi connectivity index (χ1) is 8.04. The zero-order chi connectivity index (χ0) is 13.0. The van der Waals surface area contributed by atoms with Crippen molar-refractivity contribution in [1.29, 1.82) is 0 Å². The van der Waals surface area contributed by atoms with E-state index in [0.29, 0.717) is 0 Å². The van der Waals surface area contributed by atoms with Crippen LogP contribution in [0.1, 0.15) is 13.8 Å². The summed E-state index contributed by atoms with van der Waals surface area (Å²) in [6.45, 7) is 3.16. The first-order valence-corrected chi connectivity index (χ1v) is 5.46. The normalized spacial score (nSPS) is 37.8. The lowest BCUT2D eigenvalue weighted by molar-refractivity contribution is -0.296. The lowest BCUT2D eigenvalue weighted by atomic mass is 9.99. The van der Waals surface area contributed by atoms with Crippen LogP contribution in [0.4, 0.5) is 0 Å². The molecular formula is C11H20O6. The van der Waals surface area contributed by atoms with Crippen molar-refractivity contribution in [3.63, 3.8) is 0 Å². The third-order valence-electron chi connectivity index (χ3n) is 2.83. The molecule has 100 valence electrons. The van der Waals surface area contributed by atoms with E-state index in [-0.39, 0.29) is 18.3 Å². The van der Waals surface area contributed by atoms with Crippen LogP contribution < -0.4 is 0 Å². The summed E-state index contributed by atoms with van der Waals surface area (Å²) in [4.78, 5) is 11.0. The van der Waals surface area contributed by atoms with Gasteiger partial charge in [0.1, 0.15) is 18.3 Å². The van der Waals surface area contributed by atoms with Crippen molar-refractivity contribution < 1.29 is 28.5 Å². The topological polar surface area (TPSA) is 63.2 Å². The molecule has 1 rings (SSSR count). The number of esters is 1. The molecule has 1 saturated heterocycles. The molecule has 1 heterocycles. The smallest absolute Gasteiger partial charge is 0.305 e. The van der Waals surface area contributed by atoms with Crippen molar-refractivity contribution in [3.8, 4) is 0 Å². The van der Waals surface area contributed by atoms with Crippen LogP contribution in [0.3, 0.4) is 0 Å². The maximum absolute atomic E-state index is 11.0. The highest BCUT2D eigenvalue weighted by molar-refractivity contribution is 5.66. The van der Waals surface area contributed by atoms with Gasteiger partial charge in [0.25, 0.3) is 0 Å². The van der Waals surface area contributed by atoms with Crippen LogP contribution in [-0.4, -0.2) is 58.0 Å². The molecule has 6 heteroatoms. The van der Waals surface area contributed by atoms with Crippen molar-refractivity contribution in [2.24, 2.45) is 0 Å². The van der Waals surface area contributed by atoms with E-state index >= 15 is 0 Å². The SMILES string of the molecule is CO[C@H]1[C@H](OC)[C@@H](OC(C)=O)O[C@@H](C)[C@H]1OC. The maximum Gasteiger partial charge on any atom is 0.305 e. The summed E-state index contributed by atoms with van der Waals surface area (Å²) in [5, 5.41) is 0. The molecule has 6 nitrogen and oxygen atoms in total. The van der Waals surface area contributed by atoms with Crippen LogP contribution in [-0.2, 0) is 28.5 Å². The van der Waals surface area contributed by atoms with E-state index in [1.807, 2.05) is 6.92 Å². The average molecular weight is 248 g/mol. The molecule has 0 unspecified atom stereocenters. The minimum Gasteiger partial charge on any atom is -0.433 e. The van der Waals surface area contributed by atoms with Crippen molar-refractivity contribution in [1.82, 2.24) is 0 Å². The van der Waals surface area contributed by atoms with Crippen LogP contribution in [0.25, 0.3) is 0 Å². The zero-order valence-corrected chi connectivity index (χ0v) is 10.8. The molecule has 0 aromatic carbocycles. The molecule has 5 atom stereocenters. The van der Waals surface area contributed by atoms with Gasteiger partial charge in [0.05, 0.1) is 6.10 Å². The Kier molecular flexibility index (Phi) is 5.32. The summed E-state index contributed by atoms with van der Waals surface area (Å²) in [5.74, 6) is -0.421.